The molecule has 98 valence electrons. The third kappa shape index (κ3) is 4.72. The van der Waals surface area contributed by atoms with Crippen molar-refractivity contribution in [1.29, 1.82) is 0 Å². The molecule has 0 aromatic carbocycles. The third-order valence-electron chi connectivity index (χ3n) is 2.93. The lowest BCUT2D eigenvalue weighted by molar-refractivity contribution is 0.535. The summed E-state index contributed by atoms with van der Waals surface area (Å²) in [5, 5.41) is 4.31. The van der Waals surface area contributed by atoms with E-state index in [4.69, 9.17) is 0 Å². The first-order chi connectivity index (χ1) is 8.19. The van der Waals surface area contributed by atoms with Crippen LogP contribution in [0.3, 0.4) is 0 Å². The third-order valence-corrected chi connectivity index (χ3v) is 4.36. The van der Waals surface area contributed by atoms with Crippen LogP contribution in [0.4, 0.5) is 0 Å². The predicted octanol–water partition coefficient (Wildman–Crippen LogP) is 2.99. The van der Waals surface area contributed by atoms with E-state index in [1.165, 1.54) is 6.42 Å². The molecule has 17 heavy (non-hydrogen) atoms. The average molecular weight is 255 g/mol. The Morgan fingerprint density at radius 2 is 2.24 bits per heavy atom. The van der Waals surface area contributed by atoms with Crippen LogP contribution in [0.2, 0.25) is 0 Å². The second-order valence-electron chi connectivity index (χ2n) is 4.46. The van der Waals surface area contributed by atoms with E-state index < -0.39 is 0 Å². The van der Waals surface area contributed by atoms with Gasteiger partial charge in [-0.05, 0) is 19.4 Å². The molecule has 0 bridgehead atoms. The number of rotatable bonds is 8. The smallest absolute Gasteiger partial charge is 0.126 e. The van der Waals surface area contributed by atoms with E-state index in [1.54, 1.807) is 0 Å². The highest BCUT2D eigenvalue weighted by Gasteiger charge is 2.16. The van der Waals surface area contributed by atoms with Crippen molar-refractivity contribution in [1.82, 2.24) is 14.9 Å². The van der Waals surface area contributed by atoms with Gasteiger partial charge in [-0.25, -0.2) is 4.98 Å². The van der Waals surface area contributed by atoms with Crippen LogP contribution in [-0.2, 0) is 7.05 Å². The fourth-order valence-electron chi connectivity index (χ4n) is 1.63. The maximum atomic E-state index is 4.46. The summed E-state index contributed by atoms with van der Waals surface area (Å²) < 4.78 is 2.12. The van der Waals surface area contributed by atoms with Crippen LogP contribution >= 0.6 is 11.8 Å². The van der Waals surface area contributed by atoms with Crippen molar-refractivity contribution < 1.29 is 0 Å². The number of thioether (sulfide) groups is 1. The number of nitrogens with zero attached hydrogens (tertiary/aromatic N) is 2. The van der Waals surface area contributed by atoms with Crippen molar-refractivity contribution in [2.45, 2.75) is 44.9 Å². The molecule has 0 saturated carbocycles. The summed E-state index contributed by atoms with van der Waals surface area (Å²) in [4.78, 5) is 4.46. The first-order valence-electron chi connectivity index (χ1n) is 6.51. The molecule has 1 N–H and O–H groups in total. The standard InChI is InChI=1S/C13H25N3S/c1-5-7-14-12(10-17-11(3)6-2)13-15-8-9-16(13)4/h8-9,11-12,14H,5-7,10H2,1-4H3. The Morgan fingerprint density at radius 1 is 1.47 bits per heavy atom. The fourth-order valence-corrected chi connectivity index (χ4v) is 2.66. The van der Waals surface area contributed by atoms with Gasteiger partial charge >= 0.3 is 0 Å². The fraction of sp³-hybridized carbons (Fsp3) is 0.769. The second-order valence-corrected chi connectivity index (χ2v) is 5.93. The van der Waals surface area contributed by atoms with Crippen molar-refractivity contribution in [3.05, 3.63) is 18.2 Å². The minimum atomic E-state index is 0.369. The quantitative estimate of drug-likeness (QED) is 0.774. The maximum Gasteiger partial charge on any atom is 0.126 e. The van der Waals surface area contributed by atoms with Crippen molar-refractivity contribution in [2.75, 3.05) is 12.3 Å². The molecule has 2 unspecified atom stereocenters. The van der Waals surface area contributed by atoms with Gasteiger partial charge in [-0.2, -0.15) is 11.8 Å². The summed E-state index contributed by atoms with van der Waals surface area (Å²) in [6, 6.07) is 0.369. The second kappa shape index (κ2) is 7.77. The molecule has 0 aliphatic heterocycles. The normalized spacial score (nSPS) is 14.8. The molecule has 0 aliphatic carbocycles. The Morgan fingerprint density at radius 3 is 2.76 bits per heavy atom. The number of aryl methyl sites for hydroxylation is 1. The van der Waals surface area contributed by atoms with E-state index in [2.05, 4.69) is 42.7 Å². The van der Waals surface area contributed by atoms with Gasteiger partial charge in [-0.1, -0.05) is 20.8 Å². The van der Waals surface area contributed by atoms with E-state index >= 15 is 0 Å². The van der Waals surface area contributed by atoms with Crippen LogP contribution in [-0.4, -0.2) is 27.1 Å². The largest absolute Gasteiger partial charge is 0.337 e. The van der Waals surface area contributed by atoms with Crippen LogP contribution in [0.15, 0.2) is 12.4 Å². The van der Waals surface area contributed by atoms with Gasteiger partial charge < -0.3 is 9.88 Å². The zero-order valence-electron chi connectivity index (χ0n) is 11.4. The van der Waals surface area contributed by atoms with Crippen LogP contribution in [0.1, 0.15) is 45.5 Å². The van der Waals surface area contributed by atoms with Crippen molar-refractivity contribution in [2.24, 2.45) is 7.05 Å². The van der Waals surface area contributed by atoms with Gasteiger partial charge in [0.05, 0.1) is 6.04 Å². The van der Waals surface area contributed by atoms with Crippen LogP contribution in [0, 0.1) is 0 Å². The Bertz CT molecular complexity index is 311. The van der Waals surface area contributed by atoms with Gasteiger partial charge in [-0.15, -0.1) is 0 Å². The molecule has 1 heterocycles. The number of hydrogen-bond donors (Lipinski definition) is 1. The van der Waals surface area contributed by atoms with Gasteiger partial charge in [0, 0.05) is 30.4 Å². The topological polar surface area (TPSA) is 29.9 Å². The number of imidazole rings is 1. The molecule has 3 nitrogen and oxygen atoms in total. The highest BCUT2D eigenvalue weighted by atomic mass is 32.2. The van der Waals surface area contributed by atoms with Crippen LogP contribution in [0.25, 0.3) is 0 Å². The van der Waals surface area contributed by atoms with Crippen LogP contribution < -0.4 is 5.32 Å². The van der Waals surface area contributed by atoms with E-state index in [-0.39, 0.29) is 0 Å². The van der Waals surface area contributed by atoms with E-state index in [0.29, 0.717) is 6.04 Å². The molecule has 0 saturated heterocycles. The zero-order chi connectivity index (χ0) is 12.7. The van der Waals surface area contributed by atoms with Gasteiger partial charge in [0.25, 0.3) is 0 Å². The van der Waals surface area contributed by atoms with Gasteiger partial charge in [0.15, 0.2) is 0 Å². The first kappa shape index (κ1) is 14.6. The molecule has 4 heteroatoms. The Kier molecular flexibility index (Phi) is 6.66. The molecule has 1 aromatic rings. The lowest BCUT2D eigenvalue weighted by Crippen LogP contribution is -2.27. The van der Waals surface area contributed by atoms with E-state index in [0.717, 1.165) is 29.8 Å². The number of hydrogen-bond acceptors (Lipinski definition) is 3. The summed E-state index contributed by atoms with van der Waals surface area (Å²) in [5.74, 6) is 2.24. The Labute approximate surface area is 109 Å². The Balaban J connectivity index is 2.57. The molecular formula is C13H25N3S. The van der Waals surface area contributed by atoms with Gasteiger partial charge in [0.2, 0.25) is 0 Å². The average Bonchev–Trinajstić information content (AvgIpc) is 2.75. The summed E-state index contributed by atoms with van der Waals surface area (Å²) in [5.41, 5.74) is 0. The molecule has 0 radical (unpaired) electrons. The monoisotopic (exact) mass is 255 g/mol. The molecule has 0 amide bonds. The maximum absolute atomic E-state index is 4.46. The molecule has 0 fully saturated rings. The summed E-state index contributed by atoms with van der Waals surface area (Å²) in [6.07, 6.45) is 6.29. The summed E-state index contributed by atoms with van der Waals surface area (Å²) >= 11 is 2.03. The number of nitrogens with one attached hydrogen (secondary N) is 1. The molecular weight excluding hydrogens is 230 g/mol. The van der Waals surface area contributed by atoms with Gasteiger partial charge in [-0.3, -0.25) is 0 Å². The highest BCUT2D eigenvalue weighted by Crippen LogP contribution is 2.21. The minimum absolute atomic E-state index is 0.369. The van der Waals surface area contributed by atoms with Crippen molar-refractivity contribution >= 4 is 11.8 Å². The molecule has 1 aromatic heterocycles. The Hall–Kier alpha value is -0.480. The minimum Gasteiger partial charge on any atom is -0.337 e. The molecule has 1 rings (SSSR count). The summed E-state index contributed by atoms with van der Waals surface area (Å²) in [6.45, 7) is 7.79. The van der Waals surface area contributed by atoms with E-state index in [9.17, 15) is 0 Å². The predicted molar refractivity (Wildman–Crippen MR) is 76.5 cm³/mol. The lowest BCUT2D eigenvalue weighted by atomic mass is 10.3. The zero-order valence-corrected chi connectivity index (χ0v) is 12.3. The van der Waals surface area contributed by atoms with Crippen molar-refractivity contribution in [3.63, 3.8) is 0 Å². The van der Waals surface area contributed by atoms with Crippen molar-refractivity contribution in [3.8, 4) is 0 Å². The van der Waals surface area contributed by atoms with Gasteiger partial charge in [0.1, 0.15) is 5.82 Å². The van der Waals surface area contributed by atoms with E-state index in [1.807, 2.05) is 24.2 Å². The van der Waals surface area contributed by atoms with Crippen LogP contribution in [0.5, 0.6) is 0 Å². The SMILES string of the molecule is CCCNC(CSC(C)CC)c1nccn1C. The first-order valence-corrected chi connectivity index (χ1v) is 7.56. The highest BCUT2D eigenvalue weighted by molar-refractivity contribution is 7.99. The molecule has 0 spiro atoms. The summed E-state index contributed by atoms with van der Waals surface area (Å²) in [7, 11) is 2.07. The number of aromatic nitrogens is 2. The lowest BCUT2D eigenvalue weighted by Gasteiger charge is -2.19. The molecule has 2 atom stereocenters. The molecule has 0 aliphatic rings.